The fourth-order valence-electron chi connectivity index (χ4n) is 3.39. The van der Waals surface area contributed by atoms with Crippen LogP contribution in [0.4, 0.5) is 5.69 Å². The number of nitrogens with one attached hydrogen (secondary N) is 1. The largest absolute Gasteiger partial charge is 0.378 e. The lowest BCUT2D eigenvalue weighted by Gasteiger charge is -2.35. The zero-order valence-electron chi connectivity index (χ0n) is 12.9. The third-order valence-electron chi connectivity index (χ3n) is 5.08. The van der Waals surface area contributed by atoms with E-state index in [0.717, 1.165) is 18.4 Å². The molecule has 0 radical (unpaired) electrons. The first kappa shape index (κ1) is 15.3. The van der Waals surface area contributed by atoms with Crippen LogP contribution < -0.4 is 16.2 Å². The van der Waals surface area contributed by atoms with Crippen molar-refractivity contribution in [2.75, 3.05) is 5.32 Å². The number of benzene rings is 1. The number of halogens is 1. The molecule has 1 saturated carbocycles. The van der Waals surface area contributed by atoms with Crippen molar-refractivity contribution in [2.45, 2.75) is 39.2 Å². The van der Waals surface area contributed by atoms with E-state index < -0.39 is 10.9 Å². The molecule has 0 amide bonds. The van der Waals surface area contributed by atoms with Crippen molar-refractivity contribution < 1.29 is 0 Å². The van der Waals surface area contributed by atoms with Gasteiger partial charge in [0.05, 0.1) is 11.3 Å². The van der Waals surface area contributed by atoms with Gasteiger partial charge in [0, 0.05) is 11.1 Å². The van der Waals surface area contributed by atoms with Crippen molar-refractivity contribution in [1.82, 2.24) is 0 Å². The van der Waals surface area contributed by atoms with Crippen molar-refractivity contribution in [2.24, 2.45) is 11.8 Å². The van der Waals surface area contributed by atoms with E-state index in [1.54, 1.807) is 24.3 Å². The van der Waals surface area contributed by atoms with E-state index in [1.165, 1.54) is 6.42 Å². The van der Waals surface area contributed by atoms with Gasteiger partial charge in [-0.25, -0.2) is 0 Å². The number of rotatable bonds is 3. The standard InChI is InChI=1S/C18H20ClNO2/c1-10-4-3-5-14(11(10)2)20-16-15(17(21)18(16)22)12-6-8-13(19)9-7-12/h6-11,14,20H,3-5H2,1-2H3. The van der Waals surface area contributed by atoms with Crippen LogP contribution in [-0.2, 0) is 0 Å². The molecule has 0 heterocycles. The van der Waals surface area contributed by atoms with Crippen LogP contribution in [0.1, 0.15) is 33.1 Å². The second kappa shape index (κ2) is 5.88. The van der Waals surface area contributed by atoms with Gasteiger partial charge in [0.1, 0.15) is 0 Å². The minimum absolute atomic E-state index is 0.262. The molecule has 1 fully saturated rings. The van der Waals surface area contributed by atoms with E-state index in [9.17, 15) is 9.59 Å². The minimum Gasteiger partial charge on any atom is -0.378 e. The zero-order valence-corrected chi connectivity index (χ0v) is 13.6. The Morgan fingerprint density at radius 3 is 2.41 bits per heavy atom. The first-order valence-corrected chi connectivity index (χ1v) is 8.22. The number of anilines is 1. The number of hydrogen-bond donors (Lipinski definition) is 1. The summed E-state index contributed by atoms with van der Waals surface area (Å²) in [5.74, 6) is 1.13. The molecule has 1 aliphatic rings. The molecule has 1 aliphatic carbocycles. The maximum absolute atomic E-state index is 12.0. The molecule has 22 heavy (non-hydrogen) atoms. The minimum atomic E-state index is -0.402. The molecule has 3 atom stereocenters. The Balaban J connectivity index is 1.89. The summed E-state index contributed by atoms with van der Waals surface area (Å²) in [6.07, 6.45) is 3.44. The molecule has 0 bridgehead atoms. The molecular formula is C18H20ClNO2. The molecule has 0 aliphatic heterocycles. The molecule has 3 rings (SSSR count). The van der Waals surface area contributed by atoms with E-state index >= 15 is 0 Å². The Labute approximate surface area is 135 Å². The van der Waals surface area contributed by atoms with Crippen molar-refractivity contribution in [1.29, 1.82) is 0 Å². The Kier molecular flexibility index (Phi) is 4.09. The Morgan fingerprint density at radius 2 is 1.73 bits per heavy atom. The van der Waals surface area contributed by atoms with E-state index in [2.05, 4.69) is 19.2 Å². The van der Waals surface area contributed by atoms with Gasteiger partial charge in [0.15, 0.2) is 0 Å². The lowest BCUT2D eigenvalue weighted by Crippen LogP contribution is -2.42. The van der Waals surface area contributed by atoms with Crippen molar-refractivity contribution in [3.8, 4) is 11.1 Å². The summed E-state index contributed by atoms with van der Waals surface area (Å²) in [6.45, 7) is 4.47. The maximum atomic E-state index is 12.0. The maximum Gasteiger partial charge on any atom is 0.250 e. The fourth-order valence-corrected chi connectivity index (χ4v) is 3.52. The van der Waals surface area contributed by atoms with Crippen molar-refractivity contribution >= 4 is 17.3 Å². The lowest BCUT2D eigenvalue weighted by atomic mass is 9.77. The van der Waals surface area contributed by atoms with Crippen LogP contribution in [-0.4, -0.2) is 6.04 Å². The first-order chi connectivity index (χ1) is 10.5. The van der Waals surface area contributed by atoms with Crippen LogP contribution in [0.3, 0.4) is 0 Å². The summed E-state index contributed by atoms with van der Waals surface area (Å²) in [6, 6.07) is 7.32. The molecule has 1 N–H and O–H groups in total. The molecule has 2 aromatic carbocycles. The van der Waals surface area contributed by atoms with Crippen molar-refractivity contribution in [3.05, 3.63) is 49.7 Å². The second-order valence-corrected chi connectivity index (χ2v) is 6.87. The van der Waals surface area contributed by atoms with Crippen molar-refractivity contribution in [3.63, 3.8) is 0 Å². The van der Waals surface area contributed by atoms with Gasteiger partial charge in [0.25, 0.3) is 0 Å². The van der Waals surface area contributed by atoms with Crippen LogP contribution in [0.25, 0.3) is 11.1 Å². The molecule has 2 aromatic rings. The summed E-state index contributed by atoms with van der Waals surface area (Å²) in [4.78, 5) is 23.9. The first-order valence-electron chi connectivity index (χ1n) is 7.85. The van der Waals surface area contributed by atoms with Gasteiger partial charge in [-0.2, -0.15) is 0 Å². The van der Waals surface area contributed by atoms with E-state index in [1.807, 2.05) is 0 Å². The molecule has 3 nitrogen and oxygen atoms in total. The van der Waals surface area contributed by atoms with Gasteiger partial charge in [-0.15, -0.1) is 0 Å². The van der Waals surface area contributed by atoms with Gasteiger partial charge < -0.3 is 5.32 Å². The van der Waals surface area contributed by atoms with E-state index in [4.69, 9.17) is 11.6 Å². The SMILES string of the molecule is CC1CCCC(Nc2c(-c3ccc(Cl)cc3)c(=O)c2=O)C1C. The molecule has 0 saturated heterocycles. The summed E-state index contributed by atoms with van der Waals surface area (Å²) >= 11 is 5.89. The highest BCUT2D eigenvalue weighted by Gasteiger charge is 2.30. The Morgan fingerprint density at radius 1 is 1.05 bits per heavy atom. The molecular weight excluding hydrogens is 298 g/mol. The van der Waals surface area contributed by atoms with Gasteiger partial charge in [-0.3, -0.25) is 9.59 Å². The van der Waals surface area contributed by atoms with Gasteiger partial charge in [-0.05, 0) is 36.0 Å². The normalized spacial score (nSPS) is 25.3. The highest BCUT2D eigenvalue weighted by Crippen LogP contribution is 2.33. The Hall–Kier alpha value is -1.61. The van der Waals surface area contributed by atoms with E-state index in [0.29, 0.717) is 28.1 Å². The third kappa shape index (κ3) is 2.58. The lowest BCUT2D eigenvalue weighted by molar-refractivity contribution is 0.253. The summed E-state index contributed by atoms with van der Waals surface area (Å²) < 4.78 is 0. The van der Waals surface area contributed by atoms with Crippen LogP contribution in [0.5, 0.6) is 0 Å². The number of hydrogen-bond acceptors (Lipinski definition) is 3. The smallest absolute Gasteiger partial charge is 0.250 e. The third-order valence-corrected chi connectivity index (χ3v) is 5.33. The predicted molar refractivity (Wildman–Crippen MR) is 91.4 cm³/mol. The highest BCUT2D eigenvalue weighted by molar-refractivity contribution is 6.30. The average Bonchev–Trinajstić information content (AvgIpc) is 2.52. The molecule has 116 valence electrons. The molecule has 0 aromatic heterocycles. The molecule has 0 spiro atoms. The van der Waals surface area contributed by atoms with Crippen LogP contribution in [0, 0.1) is 11.8 Å². The zero-order chi connectivity index (χ0) is 15.9. The van der Waals surface area contributed by atoms with Crippen LogP contribution >= 0.6 is 11.6 Å². The quantitative estimate of drug-likeness (QED) is 0.875. The summed E-state index contributed by atoms with van der Waals surface area (Å²) in [5, 5.41) is 3.97. The van der Waals surface area contributed by atoms with Gasteiger partial charge in [-0.1, -0.05) is 50.4 Å². The molecule has 4 heteroatoms. The van der Waals surface area contributed by atoms with Gasteiger partial charge in [0.2, 0.25) is 10.9 Å². The monoisotopic (exact) mass is 317 g/mol. The topological polar surface area (TPSA) is 46.2 Å². The Bertz CT molecular complexity index is 743. The van der Waals surface area contributed by atoms with Crippen LogP contribution in [0.2, 0.25) is 5.02 Å². The van der Waals surface area contributed by atoms with E-state index in [-0.39, 0.29) is 6.04 Å². The second-order valence-electron chi connectivity index (χ2n) is 6.43. The van der Waals surface area contributed by atoms with Crippen LogP contribution in [0.15, 0.2) is 33.9 Å². The average molecular weight is 318 g/mol. The summed E-state index contributed by atoms with van der Waals surface area (Å²) in [7, 11) is 0. The fraction of sp³-hybridized carbons (Fsp3) is 0.444. The predicted octanol–water partition coefficient (Wildman–Crippen LogP) is 3.84. The summed E-state index contributed by atoms with van der Waals surface area (Å²) in [5.41, 5.74) is 0.954. The highest BCUT2D eigenvalue weighted by atomic mass is 35.5. The molecule has 3 unspecified atom stereocenters. The van der Waals surface area contributed by atoms with Gasteiger partial charge >= 0.3 is 0 Å².